The summed E-state index contributed by atoms with van der Waals surface area (Å²) in [5.41, 5.74) is 3.03. The van der Waals surface area contributed by atoms with Crippen molar-refractivity contribution in [2.24, 2.45) is 0 Å². The largest absolute Gasteiger partial charge is 0.351 e. The third-order valence-corrected chi connectivity index (χ3v) is 5.50. The Kier molecular flexibility index (Phi) is 4.64. The molecule has 1 aliphatic carbocycles. The summed E-state index contributed by atoms with van der Waals surface area (Å²) in [6.45, 7) is 1.24. The molecular weight excluding hydrogens is 390 g/mol. The number of rotatable bonds is 6. The number of amides is 1. The summed E-state index contributed by atoms with van der Waals surface area (Å²) >= 11 is 3.50. The molecule has 5 heteroatoms. The lowest BCUT2D eigenvalue weighted by Gasteiger charge is -2.17. The summed E-state index contributed by atoms with van der Waals surface area (Å²) < 4.78 is 2.91. The zero-order chi connectivity index (χ0) is 18.0. The van der Waals surface area contributed by atoms with Gasteiger partial charge in [0.1, 0.15) is 0 Å². The van der Waals surface area contributed by atoms with E-state index in [9.17, 15) is 4.79 Å². The minimum atomic E-state index is -0.360. The smallest absolute Gasteiger partial charge is 0.230 e. The Morgan fingerprint density at radius 3 is 2.62 bits per heavy atom. The Morgan fingerprint density at radius 1 is 1.12 bits per heavy atom. The van der Waals surface area contributed by atoms with Gasteiger partial charge in [-0.15, -0.1) is 0 Å². The Bertz CT molecular complexity index is 917. The maximum Gasteiger partial charge on any atom is 0.230 e. The van der Waals surface area contributed by atoms with Crippen LogP contribution in [0.4, 0.5) is 0 Å². The van der Waals surface area contributed by atoms with Crippen LogP contribution in [0.2, 0.25) is 0 Å². The van der Waals surface area contributed by atoms with Crippen LogP contribution in [-0.4, -0.2) is 15.7 Å². The van der Waals surface area contributed by atoms with Gasteiger partial charge in [-0.25, -0.2) is 0 Å². The Hall–Kier alpha value is -2.40. The van der Waals surface area contributed by atoms with Crippen molar-refractivity contribution in [3.63, 3.8) is 0 Å². The Balaban J connectivity index is 1.47. The third kappa shape index (κ3) is 3.44. The normalized spacial score (nSPS) is 14.8. The summed E-state index contributed by atoms with van der Waals surface area (Å²) in [7, 11) is 0. The fourth-order valence-electron chi connectivity index (χ4n) is 3.36. The maximum atomic E-state index is 12.9. The number of hydrogen-bond donors (Lipinski definition) is 1. The van der Waals surface area contributed by atoms with Crippen molar-refractivity contribution in [1.82, 2.24) is 15.1 Å². The van der Waals surface area contributed by atoms with E-state index < -0.39 is 0 Å². The topological polar surface area (TPSA) is 46.9 Å². The van der Waals surface area contributed by atoms with Crippen molar-refractivity contribution < 1.29 is 4.79 Å². The molecule has 3 aromatic rings. The van der Waals surface area contributed by atoms with Gasteiger partial charge in [0.2, 0.25) is 5.91 Å². The molecule has 26 heavy (non-hydrogen) atoms. The molecule has 1 N–H and O–H groups in total. The van der Waals surface area contributed by atoms with E-state index in [2.05, 4.69) is 44.5 Å². The van der Waals surface area contributed by atoms with Crippen molar-refractivity contribution in [1.29, 1.82) is 0 Å². The Labute approximate surface area is 161 Å². The van der Waals surface area contributed by atoms with Crippen molar-refractivity contribution >= 4 is 21.8 Å². The van der Waals surface area contributed by atoms with Crippen molar-refractivity contribution in [3.05, 3.63) is 88.2 Å². The second-order valence-electron chi connectivity index (χ2n) is 6.75. The fourth-order valence-corrected chi connectivity index (χ4v) is 3.75. The van der Waals surface area contributed by atoms with Gasteiger partial charge in [0, 0.05) is 23.4 Å². The number of nitrogens with zero attached hydrogens (tertiary/aromatic N) is 2. The zero-order valence-electron chi connectivity index (χ0n) is 14.4. The number of carbonyl (C=O) groups excluding carboxylic acids is 1. The average molecular weight is 410 g/mol. The number of aromatic nitrogens is 2. The molecule has 132 valence electrons. The van der Waals surface area contributed by atoms with Crippen molar-refractivity contribution in [3.8, 4) is 0 Å². The molecule has 1 aliphatic rings. The summed E-state index contributed by atoms with van der Waals surface area (Å²) in [4.78, 5) is 12.9. The molecule has 0 aliphatic heterocycles. The SMILES string of the molecule is O=C(NCc1ccccc1Cn1cccn1)C1(c2cccc(Br)c2)CC1. The highest BCUT2D eigenvalue weighted by atomic mass is 79.9. The van der Waals surface area contributed by atoms with Crippen LogP contribution in [0, 0.1) is 0 Å². The molecule has 1 amide bonds. The van der Waals surface area contributed by atoms with E-state index >= 15 is 0 Å². The highest BCUT2D eigenvalue weighted by molar-refractivity contribution is 9.10. The highest BCUT2D eigenvalue weighted by Gasteiger charge is 2.51. The van der Waals surface area contributed by atoms with Crippen LogP contribution in [0.15, 0.2) is 71.5 Å². The zero-order valence-corrected chi connectivity index (χ0v) is 15.9. The first-order chi connectivity index (χ1) is 12.7. The van der Waals surface area contributed by atoms with Gasteiger partial charge in [0.15, 0.2) is 0 Å². The molecule has 4 nitrogen and oxygen atoms in total. The van der Waals surface area contributed by atoms with E-state index in [0.717, 1.165) is 28.4 Å². The maximum absolute atomic E-state index is 12.9. The van der Waals surface area contributed by atoms with Gasteiger partial charge in [-0.2, -0.15) is 5.10 Å². The quantitative estimate of drug-likeness (QED) is 0.667. The number of benzene rings is 2. The predicted molar refractivity (Wildman–Crippen MR) is 105 cm³/mol. The van der Waals surface area contributed by atoms with Gasteiger partial charge in [0.05, 0.1) is 12.0 Å². The first-order valence-corrected chi connectivity index (χ1v) is 9.55. The predicted octanol–water partition coefficient (Wildman–Crippen LogP) is 4.04. The summed E-state index contributed by atoms with van der Waals surface area (Å²) in [6, 6.07) is 18.2. The van der Waals surface area contributed by atoms with Gasteiger partial charge < -0.3 is 5.32 Å². The van der Waals surface area contributed by atoms with Gasteiger partial charge in [-0.05, 0) is 47.7 Å². The number of carbonyl (C=O) groups is 1. The van der Waals surface area contributed by atoms with Crippen molar-refractivity contribution in [2.75, 3.05) is 0 Å². The van der Waals surface area contributed by atoms with E-state index in [-0.39, 0.29) is 11.3 Å². The summed E-state index contributed by atoms with van der Waals surface area (Å²) in [5, 5.41) is 7.43. The molecule has 4 rings (SSSR count). The highest BCUT2D eigenvalue weighted by Crippen LogP contribution is 2.48. The number of halogens is 1. The molecule has 1 fully saturated rings. The first-order valence-electron chi connectivity index (χ1n) is 8.76. The molecular formula is C21H20BrN3O. The van der Waals surface area contributed by atoms with Gasteiger partial charge in [0.25, 0.3) is 0 Å². The molecule has 0 atom stereocenters. The van der Waals surface area contributed by atoms with Crippen LogP contribution in [0.25, 0.3) is 0 Å². The second-order valence-corrected chi connectivity index (χ2v) is 7.66. The minimum absolute atomic E-state index is 0.115. The summed E-state index contributed by atoms with van der Waals surface area (Å²) in [6.07, 6.45) is 5.54. The molecule has 0 spiro atoms. The lowest BCUT2D eigenvalue weighted by atomic mass is 9.95. The van der Waals surface area contributed by atoms with Gasteiger partial charge in [-0.1, -0.05) is 52.3 Å². The van der Waals surface area contributed by atoms with Crippen LogP contribution in [0.3, 0.4) is 0 Å². The molecule has 0 saturated heterocycles. The molecule has 0 unspecified atom stereocenters. The lowest BCUT2D eigenvalue weighted by Crippen LogP contribution is -2.34. The van der Waals surface area contributed by atoms with Crippen LogP contribution in [-0.2, 0) is 23.3 Å². The van der Waals surface area contributed by atoms with E-state index in [1.54, 1.807) is 6.20 Å². The van der Waals surface area contributed by atoms with Crippen LogP contribution >= 0.6 is 15.9 Å². The van der Waals surface area contributed by atoms with Crippen LogP contribution < -0.4 is 5.32 Å². The fraction of sp³-hybridized carbons (Fsp3) is 0.238. The second kappa shape index (κ2) is 7.08. The van der Waals surface area contributed by atoms with E-state index in [1.807, 2.05) is 47.3 Å². The van der Waals surface area contributed by atoms with Crippen molar-refractivity contribution in [2.45, 2.75) is 31.3 Å². The van der Waals surface area contributed by atoms with E-state index in [0.29, 0.717) is 13.1 Å². The Morgan fingerprint density at radius 2 is 1.92 bits per heavy atom. The standard InChI is InChI=1S/C21H20BrN3O/c22-19-8-3-7-18(13-19)21(9-10-21)20(26)23-14-16-5-1-2-6-17(16)15-25-12-4-11-24-25/h1-8,11-13H,9-10,14-15H2,(H,23,26). The molecule has 1 saturated carbocycles. The number of hydrogen-bond acceptors (Lipinski definition) is 2. The van der Waals surface area contributed by atoms with E-state index in [4.69, 9.17) is 0 Å². The number of nitrogens with one attached hydrogen (secondary N) is 1. The van der Waals surface area contributed by atoms with Crippen LogP contribution in [0.1, 0.15) is 29.5 Å². The van der Waals surface area contributed by atoms with Gasteiger partial charge in [-0.3, -0.25) is 9.48 Å². The average Bonchev–Trinajstić information content (AvgIpc) is 3.32. The summed E-state index contributed by atoms with van der Waals surface area (Å²) in [5.74, 6) is 0.115. The molecule has 0 radical (unpaired) electrons. The molecule has 1 heterocycles. The molecule has 2 aromatic carbocycles. The lowest BCUT2D eigenvalue weighted by molar-refractivity contribution is -0.123. The van der Waals surface area contributed by atoms with Crippen LogP contribution in [0.5, 0.6) is 0 Å². The minimum Gasteiger partial charge on any atom is -0.351 e. The monoisotopic (exact) mass is 409 g/mol. The molecule has 0 bridgehead atoms. The van der Waals surface area contributed by atoms with E-state index in [1.165, 1.54) is 5.56 Å². The third-order valence-electron chi connectivity index (χ3n) is 5.01. The molecule has 1 aromatic heterocycles. The first kappa shape index (κ1) is 17.0. The van der Waals surface area contributed by atoms with Gasteiger partial charge >= 0.3 is 0 Å².